The molecule has 1 fully saturated rings. The lowest BCUT2D eigenvalue weighted by molar-refractivity contribution is 0.366. The number of hydrazine groups is 1. The van der Waals surface area contributed by atoms with Crippen LogP contribution in [0, 0.1) is 11.7 Å². The highest BCUT2D eigenvalue weighted by molar-refractivity contribution is 7.99. The van der Waals surface area contributed by atoms with Gasteiger partial charge in [0.15, 0.2) is 0 Å². The molecule has 2 nitrogen and oxygen atoms in total. The van der Waals surface area contributed by atoms with Gasteiger partial charge in [0.2, 0.25) is 0 Å². The van der Waals surface area contributed by atoms with Crippen molar-refractivity contribution in [3.05, 3.63) is 34.6 Å². The SMILES string of the molecule is NNC(CC1CCSCC1)c1ccc(Cl)cc1F. The van der Waals surface area contributed by atoms with Gasteiger partial charge in [-0.1, -0.05) is 17.7 Å². The zero-order valence-corrected chi connectivity index (χ0v) is 11.7. The van der Waals surface area contributed by atoms with E-state index in [9.17, 15) is 4.39 Å². The van der Waals surface area contributed by atoms with Crippen LogP contribution in [0.2, 0.25) is 5.02 Å². The minimum atomic E-state index is -0.282. The van der Waals surface area contributed by atoms with E-state index in [1.807, 2.05) is 11.8 Å². The summed E-state index contributed by atoms with van der Waals surface area (Å²) >= 11 is 7.75. The zero-order valence-electron chi connectivity index (χ0n) is 10.2. The van der Waals surface area contributed by atoms with E-state index in [2.05, 4.69) is 5.43 Å². The average molecular weight is 289 g/mol. The van der Waals surface area contributed by atoms with Gasteiger partial charge in [0.25, 0.3) is 0 Å². The molecule has 18 heavy (non-hydrogen) atoms. The number of thioether (sulfide) groups is 1. The smallest absolute Gasteiger partial charge is 0.129 e. The van der Waals surface area contributed by atoms with E-state index in [-0.39, 0.29) is 11.9 Å². The molecule has 0 amide bonds. The average Bonchev–Trinajstić information content (AvgIpc) is 2.38. The van der Waals surface area contributed by atoms with Crippen LogP contribution in [0.25, 0.3) is 0 Å². The van der Waals surface area contributed by atoms with Gasteiger partial charge >= 0.3 is 0 Å². The predicted octanol–water partition coefficient (Wildman–Crippen LogP) is 3.52. The Morgan fingerprint density at radius 3 is 2.78 bits per heavy atom. The van der Waals surface area contributed by atoms with Crippen molar-refractivity contribution < 1.29 is 4.39 Å². The fourth-order valence-electron chi connectivity index (χ4n) is 2.38. The number of rotatable bonds is 4. The highest BCUT2D eigenvalue weighted by Crippen LogP contribution is 2.32. The van der Waals surface area contributed by atoms with Crippen LogP contribution in [0.3, 0.4) is 0 Å². The zero-order chi connectivity index (χ0) is 13.0. The molecule has 1 aromatic carbocycles. The lowest BCUT2D eigenvalue weighted by Gasteiger charge is -2.26. The van der Waals surface area contributed by atoms with E-state index in [4.69, 9.17) is 17.4 Å². The molecule has 0 saturated carbocycles. The first-order valence-electron chi connectivity index (χ1n) is 6.19. The summed E-state index contributed by atoms with van der Waals surface area (Å²) in [5.74, 6) is 8.32. The first-order valence-corrected chi connectivity index (χ1v) is 7.73. The molecule has 2 rings (SSSR count). The fourth-order valence-corrected chi connectivity index (χ4v) is 3.75. The Morgan fingerprint density at radius 2 is 2.17 bits per heavy atom. The van der Waals surface area contributed by atoms with Crippen molar-refractivity contribution in [2.24, 2.45) is 11.8 Å². The Bertz CT molecular complexity index is 397. The van der Waals surface area contributed by atoms with Crippen molar-refractivity contribution in [3.8, 4) is 0 Å². The molecule has 0 aromatic heterocycles. The van der Waals surface area contributed by atoms with Crippen LogP contribution in [-0.4, -0.2) is 11.5 Å². The van der Waals surface area contributed by atoms with E-state index in [1.54, 1.807) is 12.1 Å². The van der Waals surface area contributed by atoms with Gasteiger partial charge in [-0.25, -0.2) is 4.39 Å². The van der Waals surface area contributed by atoms with E-state index in [0.29, 0.717) is 16.5 Å². The third kappa shape index (κ3) is 3.60. The number of hydrogen-bond donors (Lipinski definition) is 2. The second-order valence-electron chi connectivity index (χ2n) is 4.68. The van der Waals surface area contributed by atoms with Crippen LogP contribution in [0.1, 0.15) is 30.9 Å². The van der Waals surface area contributed by atoms with Crippen LogP contribution >= 0.6 is 23.4 Å². The summed E-state index contributed by atoms with van der Waals surface area (Å²) in [4.78, 5) is 0. The van der Waals surface area contributed by atoms with Crippen molar-refractivity contribution >= 4 is 23.4 Å². The van der Waals surface area contributed by atoms with Gasteiger partial charge in [0.1, 0.15) is 5.82 Å². The molecule has 1 unspecified atom stereocenters. The second-order valence-corrected chi connectivity index (χ2v) is 6.34. The van der Waals surface area contributed by atoms with Crippen LogP contribution in [0.15, 0.2) is 18.2 Å². The Labute approximate surface area is 116 Å². The van der Waals surface area contributed by atoms with E-state index < -0.39 is 0 Å². The van der Waals surface area contributed by atoms with Gasteiger partial charge in [-0.15, -0.1) is 0 Å². The molecule has 0 spiro atoms. The number of nitrogens with two attached hydrogens (primary N) is 1. The van der Waals surface area contributed by atoms with Crippen LogP contribution < -0.4 is 11.3 Å². The number of hydrogen-bond acceptors (Lipinski definition) is 3. The second kappa shape index (κ2) is 6.75. The fraction of sp³-hybridized carbons (Fsp3) is 0.538. The molecule has 0 bridgehead atoms. The molecule has 1 aliphatic rings. The van der Waals surface area contributed by atoms with Gasteiger partial charge in [0.05, 0.1) is 0 Å². The van der Waals surface area contributed by atoms with E-state index in [0.717, 1.165) is 6.42 Å². The van der Waals surface area contributed by atoms with Gasteiger partial charge in [-0.2, -0.15) is 11.8 Å². The highest BCUT2D eigenvalue weighted by Gasteiger charge is 2.21. The minimum Gasteiger partial charge on any atom is -0.271 e. The first-order chi connectivity index (χ1) is 8.70. The topological polar surface area (TPSA) is 38.0 Å². The van der Waals surface area contributed by atoms with Crippen molar-refractivity contribution in [3.63, 3.8) is 0 Å². The third-order valence-corrected chi connectivity index (χ3v) is 4.73. The molecule has 0 radical (unpaired) electrons. The first kappa shape index (κ1) is 14.1. The Balaban J connectivity index is 2.07. The number of halogens is 2. The van der Waals surface area contributed by atoms with Gasteiger partial charge in [-0.3, -0.25) is 11.3 Å². The molecule has 0 aliphatic carbocycles. The molecule has 1 aromatic rings. The molecule has 1 atom stereocenters. The maximum absolute atomic E-state index is 13.9. The molecule has 5 heteroatoms. The van der Waals surface area contributed by atoms with Gasteiger partial charge < -0.3 is 0 Å². The summed E-state index contributed by atoms with van der Waals surface area (Å²) in [5, 5.41) is 0.418. The van der Waals surface area contributed by atoms with Gasteiger partial charge in [0, 0.05) is 16.6 Å². The summed E-state index contributed by atoms with van der Waals surface area (Å²) in [6.07, 6.45) is 3.27. The summed E-state index contributed by atoms with van der Waals surface area (Å²) in [7, 11) is 0. The molecule has 100 valence electrons. The van der Waals surface area contributed by atoms with Crippen molar-refractivity contribution in [2.75, 3.05) is 11.5 Å². The van der Waals surface area contributed by atoms with Crippen molar-refractivity contribution in [2.45, 2.75) is 25.3 Å². The Kier molecular flexibility index (Phi) is 5.30. The van der Waals surface area contributed by atoms with Crippen LogP contribution in [0.4, 0.5) is 4.39 Å². The molecule has 1 heterocycles. The maximum Gasteiger partial charge on any atom is 0.129 e. The standard InChI is InChI=1S/C13H18ClFN2S/c14-10-1-2-11(12(15)8-10)13(17-16)7-9-3-5-18-6-4-9/h1-2,8-9,13,17H,3-7,16H2. The number of nitrogens with one attached hydrogen (secondary N) is 1. The van der Waals surface area contributed by atoms with Crippen molar-refractivity contribution in [1.82, 2.24) is 5.43 Å². The lowest BCUT2D eigenvalue weighted by Crippen LogP contribution is -2.31. The summed E-state index contributed by atoms with van der Waals surface area (Å²) in [6.45, 7) is 0. The molecule has 3 N–H and O–H groups in total. The monoisotopic (exact) mass is 288 g/mol. The summed E-state index contributed by atoms with van der Waals surface area (Å²) in [5.41, 5.74) is 3.35. The normalized spacial score (nSPS) is 18.8. The van der Waals surface area contributed by atoms with E-state index >= 15 is 0 Å². The van der Waals surface area contributed by atoms with Gasteiger partial charge in [-0.05, 0) is 48.8 Å². The van der Waals surface area contributed by atoms with E-state index in [1.165, 1.54) is 30.4 Å². The van der Waals surface area contributed by atoms with Crippen LogP contribution in [0.5, 0.6) is 0 Å². The largest absolute Gasteiger partial charge is 0.271 e. The Hall–Kier alpha value is -0.290. The molecular formula is C13H18ClFN2S. The minimum absolute atomic E-state index is 0.129. The molecular weight excluding hydrogens is 271 g/mol. The quantitative estimate of drug-likeness (QED) is 0.658. The number of benzene rings is 1. The van der Waals surface area contributed by atoms with Crippen molar-refractivity contribution in [1.29, 1.82) is 0 Å². The molecule has 1 saturated heterocycles. The highest BCUT2D eigenvalue weighted by atomic mass is 35.5. The summed E-state index contributed by atoms with van der Waals surface area (Å²) < 4.78 is 13.9. The predicted molar refractivity (Wildman–Crippen MR) is 76.1 cm³/mol. The summed E-state index contributed by atoms with van der Waals surface area (Å²) in [6, 6.07) is 4.65. The third-order valence-electron chi connectivity index (χ3n) is 3.45. The maximum atomic E-state index is 13.9. The van der Waals surface area contributed by atoms with Crippen LogP contribution in [-0.2, 0) is 0 Å². The lowest BCUT2D eigenvalue weighted by atomic mass is 9.91. The Morgan fingerprint density at radius 1 is 1.44 bits per heavy atom. The molecule has 1 aliphatic heterocycles.